The van der Waals surface area contributed by atoms with Crippen molar-refractivity contribution in [3.8, 4) is 0 Å². The summed E-state index contributed by atoms with van der Waals surface area (Å²) in [5.41, 5.74) is 0.244. The van der Waals surface area contributed by atoms with E-state index in [0.29, 0.717) is 46.8 Å². The maximum atomic E-state index is 12.8. The van der Waals surface area contributed by atoms with Crippen molar-refractivity contribution < 1.29 is 19.1 Å². The fourth-order valence-corrected chi connectivity index (χ4v) is 5.15. The van der Waals surface area contributed by atoms with E-state index in [2.05, 4.69) is 4.98 Å². The number of fused-ring (bicyclic) bond motifs is 1. The Morgan fingerprint density at radius 1 is 1.29 bits per heavy atom. The minimum Gasteiger partial charge on any atom is -0.378 e. The molecule has 4 rings (SSSR count). The van der Waals surface area contributed by atoms with Gasteiger partial charge in [0.05, 0.1) is 19.8 Å². The molecular formula is C19H22ClN4O5PS. The van der Waals surface area contributed by atoms with Crippen molar-refractivity contribution in [2.75, 3.05) is 31.2 Å². The highest BCUT2D eigenvalue weighted by Gasteiger charge is 2.32. The lowest BCUT2D eigenvalue weighted by Gasteiger charge is -2.25. The molecule has 1 saturated heterocycles. The molecule has 1 fully saturated rings. The molecule has 1 atom stereocenters. The maximum absolute atomic E-state index is 12.8. The summed E-state index contributed by atoms with van der Waals surface area (Å²) in [6.45, 7) is 5.91. The summed E-state index contributed by atoms with van der Waals surface area (Å²) in [4.78, 5) is 43.2. The summed E-state index contributed by atoms with van der Waals surface area (Å²) in [5, 5.41) is 1.24. The van der Waals surface area contributed by atoms with Gasteiger partial charge in [-0.1, -0.05) is 35.1 Å². The standard InChI is InChI=1S/C19H22ClN4O5PS/c1-11-13(4-3-5-14(11)20)10-24-16(12(2)30(26,27)28)21-18(25)15-17(24)22-19(31-15)23-6-8-29-9-7-23/h3-5,12H,6-10H2,1-2H3,(H2,26,27,28). The van der Waals surface area contributed by atoms with Crippen molar-refractivity contribution in [3.05, 3.63) is 50.5 Å². The van der Waals surface area contributed by atoms with Crippen LogP contribution in [0.1, 0.15) is 29.5 Å². The second kappa shape index (κ2) is 8.61. The number of nitrogens with zero attached hydrogens (tertiary/aromatic N) is 4. The zero-order valence-corrected chi connectivity index (χ0v) is 19.5. The molecule has 0 aliphatic carbocycles. The van der Waals surface area contributed by atoms with Crippen LogP contribution in [0.25, 0.3) is 10.3 Å². The minimum absolute atomic E-state index is 0.00374. The van der Waals surface area contributed by atoms with Gasteiger partial charge < -0.3 is 24.0 Å². The monoisotopic (exact) mass is 484 g/mol. The van der Waals surface area contributed by atoms with Crippen LogP contribution in [0.4, 0.5) is 5.13 Å². The van der Waals surface area contributed by atoms with Gasteiger partial charge >= 0.3 is 7.60 Å². The molecule has 31 heavy (non-hydrogen) atoms. The number of aromatic nitrogens is 3. The van der Waals surface area contributed by atoms with E-state index in [1.54, 1.807) is 10.6 Å². The highest BCUT2D eigenvalue weighted by Crippen LogP contribution is 2.51. The van der Waals surface area contributed by atoms with E-state index in [0.717, 1.165) is 11.1 Å². The minimum atomic E-state index is -4.55. The largest absolute Gasteiger partial charge is 0.378 e. The molecule has 12 heteroatoms. The van der Waals surface area contributed by atoms with Crippen LogP contribution in [0.2, 0.25) is 5.02 Å². The Morgan fingerprint density at radius 2 is 2.00 bits per heavy atom. The van der Waals surface area contributed by atoms with Crippen LogP contribution in [0.5, 0.6) is 0 Å². The summed E-state index contributed by atoms with van der Waals surface area (Å²) < 4.78 is 19.4. The van der Waals surface area contributed by atoms with Gasteiger partial charge in [0, 0.05) is 18.1 Å². The summed E-state index contributed by atoms with van der Waals surface area (Å²) in [5.74, 6) is 0.00374. The van der Waals surface area contributed by atoms with E-state index in [9.17, 15) is 19.1 Å². The lowest BCUT2D eigenvalue weighted by molar-refractivity contribution is 0.122. The molecule has 2 aromatic heterocycles. The van der Waals surface area contributed by atoms with E-state index < -0.39 is 18.8 Å². The van der Waals surface area contributed by atoms with Crippen LogP contribution < -0.4 is 10.5 Å². The molecule has 0 saturated carbocycles. The zero-order chi connectivity index (χ0) is 22.3. The van der Waals surface area contributed by atoms with Gasteiger partial charge in [0.25, 0.3) is 5.56 Å². The summed E-state index contributed by atoms with van der Waals surface area (Å²) in [6, 6.07) is 5.47. The quantitative estimate of drug-likeness (QED) is 0.531. The van der Waals surface area contributed by atoms with Gasteiger partial charge in [-0.25, -0.2) is 4.98 Å². The summed E-state index contributed by atoms with van der Waals surface area (Å²) >= 11 is 7.51. The third-order valence-electron chi connectivity index (χ3n) is 5.41. The van der Waals surface area contributed by atoms with E-state index >= 15 is 0 Å². The van der Waals surface area contributed by atoms with Crippen molar-refractivity contribution in [1.82, 2.24) is 14.5 Å². The third kappa shape index (κ3) is 4.41. The van der Waals surface area contributed by atoms with E-state index in [1.807, 2.05) is 24.0 Å². The molecular weight excluding hydrogens is 463 g/mol. The van der Waals surface area contributed by atoms with Crippen molar-refractivity contribution in [1.29, 1.82) is 0 Å². The normalized spacial score (nSPS) is 16.1. The number of morpholine rings is 1. The molecule has 3 heterocycles. The number of benzene rings is 1. The van der Waals surface area contributed by atoms with E-state index in [4.69, 9.17) is 21.3 Å². The van der Waals surface area contributed by atoms with Crippen molar-refractivity contribution in [2.45, 2.75) is 26.1 Å². The molecule has 3 aromatic rings. The highest BCUT2D eigenvalue weighted by atomic mass is 35.5. The molecule has 0 spiro atoms. The lowest BCUT2D eigenvalue weighted by Crippen LogP contribution is -2.36. The predicted molar refractivity (Wildman–Crippen MR) is 120 cm³/mol. The molecule has 166 valence electrons. The molecule has 1 unspecified atom stereocenters. The Labute approximate surface area is 187 Å². The smallest absolute Gasteiger partial charge is 0.335 e. The molecule has 1 aromatic carbocycles. The first-order valence-electron chi connectivity index (χ1n) is 9.70. The number of rotatable bonds is 5. The number of anilines is 1. The molecule has 2 N–H and O–H groups in total. The second-order valence-corrected chi connectivity index (χ2v) is 10.7. The first-order valence-corrected chi connectivity index (χ1v) is 12.6. The summed E-state index contributed by atoms with van der Waals surface area (Å²) in [7, 11) is -4.55. The van der Waals surface area contributed by atoms with Crippen molar-refractivity contribution >= 4 is 46.0 Å². The molecule has 0 amide bonds. The van der Waals surface area contributed by atoms with Gasteiger partial charge in [-0.05, 0) is 31.0 Å². The SMILES string of the molecule is Cc1c(Cl)cccc1Cn1c(C(C)P(=O)(O)O)nc(=O)c2sc(N3CCOCC3)nc21. The van der Waals surface area contributed by atoms with Crippen LogP contribution in [-0.4, -0.2) is 50.6 Å². The number of hydrogen-bond acceptors (Lipinski definition) is 7. The van der Waals surface area contributed by atoms with Crippen LogP contribution >= 0.6 is 30.5 Å². The topological polar surface area (TPSA) is 118 Å². The number of hydrogen-bond donors (Lipinski definition) is 2. The number of thiazole rings is 1. The van der Waals surface area contributed by atoms with Crippen LogP contribution in [-0.2, 0) is 15.8 Å². The van der Waals surface area contributed by atoms with Gasteiger partial charge in [-0.3, -0.25) is 9.36 Å². The van der Waals surface area contributed by atoms with E-state index in [1.165, 1.54) is 18.3 Å². The molecule has 1 aliphatic rings. The van der Waals surface area contributed by atoms with Crippen LogP contribution in [0.3, 0.4) is 0 Å². The zero-order valence-electron chi connectivity index (χ0n) is 17.0. The Bertz CT molecular complexity index is 1230. The van der Waals surface area contributed by atoms with Gasteiger partial charge in [0.1, 0.15) is 16.2 Å². The fraction of sp³-hybridized carbons (Fsp3) is 0.421. The Hall–Kier alpha value is -1.81. The highest BCUT2D eigenvalue weighted by molar-refractivity contribution is 7.52. The fourth-order valence-electron chi connectivity index (χ4n) is 3.46. The van der Waals surface area contributed by atoms with Crippen molar-refractivity contribution in [2.24, 2.45) is 0 Å². The second-order valence-electron chi connectivity index (χ2n) is 7.40. The van der Waals surface area contributed by atoms with Crippen LogP contribution in [0, 0.1) is 6.92 Å². The first-order chi connectivity index (χ1) is 14.7. The van der Waals surface area contributed by atoms with Gasteiger partial charge in [-0.15, -0.1) is 0 Å². The lowest BCUT2D eigenvalue weighted by atomic mass is 10.1. The van der Waals surface area contributed by atoms with Gasteiger partial charge in [0.15, 0.2) is 10.8 Å². The molecule has 0 bridgehead atoms. The Balaban J connectivity index is 1.93. The van der Waals surface area contributed by atoms with Gasteiger partial charge in [0.2, 0.25) is 0 Å². The number of halogens is 1. The number of ether oxygens (including phenoxy) is 1. The summed E-state index contributed by atoms with van der Waals surface area (Å²) in [6.07, 6.45) is 0. The van der Waals surface area contributed by atoms with Crippen molar-refractivity contribution in [3.63, 3.8) is 0 Å². The van der Waals surface area contributed by atoms with Crippen LogP contribution in [0.15, 0.2) is 23.0 Å². The maximum Gasteiger partial charge on any atom is 0.335 e. The predicted octanol–water partition coefficient (Wildman–Crippen LogP) is 2.94. The Kier molecular flexibility index (Phi) is 6.22. The average Bonchev–Trinajstić information content (AvgIpc) is 3.19. The molecule has 9 nitrogen and oxygen atoms in total. The Morgan fingerprint density at radius 3 is 2.68 bits per heavy atom. The average molecular weight is 485 g/mol. The molecule has 0 radical (unpaired) electrons. The van der Waals surface area contributed by atoms with Gasteiger partial charge in [-0.2, -0.15) is 4.98 Å². The first kappa shape index (κ1) is 22.4. The third-order valence-corrected chi connectivity index (χ3v) is 8.15. The van der Waals surface area contributed by atoms with E-state index in [-0.39, 0.29) is 12.4 Å². The molecule has 1 aliphatic heterocycles.